The maximum atomic E-state index is 12.7. The zero-order valence-corrected chi connectivity index (χ0v) is 16.6. The summed E-state index contributed by atoms with van der Waals surface area (Å²) in [4.78, 5) is 75.2. The fourth-order valence-corrected chi connectivity index (χ4v) is 3.88. The number of aliphatic hydroxyl groups excluding tert-OH is 1. The van der Waals surface area contributed by atoms with Crippen molar-refractivity contribution in [1.29, 1.82) is 0 Å². The molecule has 0 radical (unpaired) electrons. The molecule has 0 amide bonds. The van der Waals surface area contributed by atoms with E-state index in [1.165, 1.54) is 0 Å². The van der Waals surface area contributed by atoms with Gasteiger partial charge in [0.1, 0.15) is 6.10 Å². The summed E-state index contributed by atoms with van der Waals surface area (Å²) in [5.41, 5.74) is -5.75. The Labute approximate surface area is 181 Å². The van der Waals surface area contributed by atoms with Gasteiger partial charge in [-0.15, -0.1) is 0 Å². The van der Waals surface area contributed by atoms with Crippen LogP contribution in [0.15, 0.2) is 0 Å². The maximum absolute atomic E-state index is 12.7. The number of rotatable bonds is 1. The van der Waals surface area contributed by atoms with Crippen LogP contribution in [0.1, 0.15) is 32.6 Å². The first-order chi connectivity index (χ1) is 15.1. The Balaban J connectivity index is 2.06. The lowest BCUT2D eigenvalue weighted by molar-refractivity contribution is -0.508. The van der Waals surface area contributed by atoms with Crippen molar-refractivity contribution in [1.82, 2.24) is 0 Å². The van der Waals surface area contributed by atoms with Crippen molar-refractivity contribution in [3.63, 3.8) is 0 Å². The van der Waals surface area contributed by atoms with Crippen LogP contribution in [0.4, 0.5) is 0 Å². The fraction of sp³-hybridized carbons (Fsp3) is 0.647. The van der Waals surface area contributed by atoms with Crippen molar-refractivity contribution in [2.75, 3.05) is 0 Å². The predicted octanol–water partition coefficient (Wildman–Crippen LogP) is -4.26. The monoisotopic (exact) mass is 476 g/mol. The molecule has 0 aromatic carbocycles. The van der Waals surface area contributed by atoms with Gasteiger partial charge in [-0.25, -0.2) is 9.59 Å². The molecule has 4 rings (SSSR count). The maximum Gasteiger partial charge on any atom is 0.465 e. The fourth-order valence-electron chi connectivity index (χ4n) is 3.88. The van der Waals surface area contributed by atoms with Crippen LogP contribution in [-0.2, 0) is 57.2 Å². The highest BCUT2D eigenvalue weighted by Crippen LogP contribution is 2.51. The van der Waals surface area contributed by atoms with Gasteiger partial charge in [0.2, 0.25) is 0 Å². The lowest BCUT2D eigenvalue weighted by atomic mass is 9.92. The highest BCUT2D eigenvalue weighted by molar-refractivity contribution is 5.94. The second kappa shape index (κ2) is 6.60. The van der Waals surface area contributed by atoms with Crippen LogP contribution < -0.4 is 0 Å². The van der Waals surface area contributed by atoms with E-state index >= 15 is 0 Å². The van der Waals surface area contributed by atoms with Crippen LogP contribution in [0, 0.1) is 0 Å². The Morgan fingerprint density at radius 1 is 0.636 bits per heavy atom. The largest absolute Gasteiger partial charge is 0.465 e. The summed E-state index contributed by atoms with van der Waals surface area (Å²) in [6.07, 6.45) is -7.50. The van der Waals surface area contributed by atoms with Gasteiger partial charge in [-0.05, 0) is 6.92 Å². The Bertz CT molecular complexity index is 985. The smallest absolute Gasteiger partial charge is 0.412 e. The summed E-state index contributed by atoms with van der Waals surface area (Å²) >= 11 is 0. The summed E-state index contributed by atoms with van der Waals surface area (Å²) in [6, 6.07) is 0. The molecule has 16 heteroatoms. The van der Waals surface area contributed by atoms with E-state index in [9.17, 15) is 49.2 Å². The number of fused-ring (bicyclic) bond motifs is 8. The molecule has 4 aliphatic rings. The number of esters is 6. The molecule has 4 saturated heterocycles. The third-order valence-electron chi connectivity index (χ3n) is 5.44. The predicted molar refractivity (Wildman–Crippen MR) is 87.0 cm³/mol. The number of carbonyl (C=O) groups excluding carboxylic acids is 6. The minimum absolute atomic E-state index is 0.745. The first kappa shape index (κ1) is 22.8. The number of ether oxygens (including phenoxy) is 6. The number of hydrogen-bond donors (Lipinski definition) is 4. The molecule has 16 nitrogen and oxygen atoms in total. The number of aliphatic hydroxyl groups is 4. The highest BCUT2D eigenvalue weighted by atomic mass is 16.9. The summed E-state index contributed by atoms with van der Waals surface area (Å²) < 4.78 is 29.0. The normalized spacial score (nSPS) is 43.9. The lowest BCUT2D eigenvalue weighted by Gasteiger charge is -2.50. The van der Waals surface area contributed by atoms with E-state index < -0.39 is 96.4 Å². The third kappa shape index (κ3) is 2.98. The number of hydrogen-bond acceptors (Lipinski definition) is 16. The van der Waals surface area contributed by atoms with E-state index in [0.717, 1.165) is 6.92 Å². The van der Waals surface area contributed by atoms with Gasteiger partial charge in [0, 0.05) is 0 Å². The lowest BCUT2D eigenvalue weighted by Crippen LogP contribution is -2.79. The molecule has 4 heterocycles. The molecule has 6 atom stereocenters. The summed E-state index contributed by atoms with van der Waals surface area (Å²) in [5, 5.41) is 42.5. The highest BCUT2D eigenvalue weighted by Gasteiger charge is 2.85. The van der Waals surface area contributed by atoms with Crippen LogP contribution in [0.3, 0.4) is 0 Å². The minimum Gasteiger partial charge on any atom is -0.412 e. The quantitative estimate of drug-likeness (QED) is 0.207. The summed E-state index contributed by atoms with van der Waals surface area (Å²) in [6.45, 7) is 0.745. The van der Waals surface area contributed by atoms with Crippen molar-refractivity contribution in [2.24, 2.45) is 0 Å². The van der Waals surface area contributed by atoms with Crippen LogP contribution >= 0.6 is 0 Å². The van der Waals surface area contributed by atoms with Gasteiger partial charge in [-0.2, -0.15) is 0 Å². The number of carbonyl (C=O) groups is 6. The molecule has 4 aliphatic heterocycles. The van der Waals surface area contributed by atoms with Gasteiger partial charge in [-0.3, -0.25) is 19.2 Å². The van der Waals surface area contributed by atoms with E-state index in [4.69, 9.17) is 18.9 Å². The molecule has 4 bridgehead atoms. The molecule has 1 spiro atoms. The standard InChI is InChI=1S/C17H16O16/c1-6(18)15-16(29-8(20)3-13(25,11(23)32-15)2-7(19)28-15)17(27)31-10(22)5-14(26,12(24)33-17)4-9(21)30-16/h6,18,25-27H,2-5H2,1H3. The van der Waals surface area contributed by atoms with Gasteiger partial charge in [-0.1, -0.05) is 0 Å². The molecular weight excluding hydrogens is 460 g/mol. The Morgan fingerprint density at radius 3 is 1.48 bits per heavy atom. The first-order valence-electron chi connectivity index (χ1n) is 9.30. The van der Waals surface area contributed by atoms with Crippen molar-refractivity contribution in [3.8, 4) is 0 Å². The van der Waals surface area contributed by atoms with E-state index in [1.54, 1.807) is 0 Å². The van der Waals surface area contributed by atoms with Crippen LogP contribution in [0.5, 0.6) is 0 Å². The minimum atomic E-state index is -4.07. The van der Waals surface area contributed by atoms with Crippen molar-refractivity contribution >= 4 is 35.8 Å². The SMILES string of the molecule is CC(O)C12OC(=O)CC(O)(CC(=O)OC13OC(=O)CC1(O)CC(=O)OC3(O)OC1=O)C(=O)O2. The van der Waals surface area contributed by atoms with Gasteiger partial charge in [0.05, 0.1) is 25.7 Å². The van der Waals surface area contributed by atoms with Gasteiger partial charge >= 0.3 is 53.4 Å². The Morgan fingerprint density at radius 2 is 1.03 bits per heavy atom. The summed E-state index contributed by atoms with van der Waals surface area (Å²) in [5.74, 6) is -21.7. The molecule has 0 aromatic heterocycles. The molecule has 6 unspecified atom stereocenters. The van der Waals surface area contributed by atoms with Gasteiger partial charge in [0.15, 0.2) is 11.2 Å². The molecule has 4 fully saturated rings. The van der Waals surface area contributed by atoms with Crippen molar-refractivity contribution in [2.45, 2.75) is 67.5 Å². The average molecular weight is 476 g/mol. The van der Waals surface area contributed by atoms with Crippen molar-refractivity contribution < 1.29 is 77.6 Å². The Hall–Kier alpha value is -3.34. The summed E-state index contributed by atoms with van der Waals surface area (Å²) in [7, 11) is 0. The molecule has 180 valence electrons. The van der Waals surface area contributed by atoms with Crippen molar-refractivity contribution in [3.05, 3.63) is 0 Å². The van der Waals surface area contributed by atoms with Gasteiger partial charge < -0.3 is 48.8 Å². The topological polar surface area (TPSA) is 239 Å². The Kier molecular flexibility index (Phi) is 4.56. The molecule has 0 aliphatic carbocycles. The molecular formula is C17H16O16. The van der Waals surface area contributed by atoms with E-state index in [2.05, 4.69) is 9.47 Å². The zero-order valence-electron chi connectivity index (χ0n) is 16.6. The molecule has 0 saturated carbocycles. The molecule has 0 aromatic rings. The third-order valence-corrected chi connectivity index (χ3v) is 5.44. The van der Waals surface area contributed by atoms with E-state index in [1.807, 2.05) is 0 Å². The first-order valence-corrected chi connectivity index (χ1v) is 9.30. The average Bonchev–Trinajstić information content (AvgIpc) is 2.75. The van der Waals surface area contributed by atoms with Gasteiger partial charge in [0.25, 0.3) is 0 Å². The van der Waals surface area contributed by atoms with Crippen LogP contribution in [0.2, 0.25) is 0 Å². The van der Waals surface area contributed by atoms with Crippen LogP contribution in [-0.4, -0.2) is 91.1 Å². The molecule has 4 N–H and O–H groups in total. The molecule has 33 heavy (non-hydrogen) atoms. The van der Waals surface area contributed by atoms with E-state index in [0.29, 0.717) is 0 Å². The zero-order chi connectivity index (χ0) is 24.6. The second-order valence-electron chi connectivity index (χ2n) is 7.99. The van der Waals surface area contributed by atoms with E-state index in [-0.39, 0.29) is 0 Å². The second-order valence-corrected chi connectivity index (χ2v) is 7.99. The van der Waals surface area contributed by atoms with Crippen LogP contribution in [0.25, 0.3) is 0 Å².